The van der Waals surface area contributed by atoms with Gasteiger partial charge >= 0.3 is 0 Å². The van der Waals surface area contributed by atoms with Crippen LogP contribution in [0.3, 0.4) is 0 Å². The summed E-state index contributed by atoms with van der Waals surface area (Å²) in [5, 5.41) is 9.17. The van der Waals surface area contributed by atoms with E-state index in [4.69, 9.17) is 4.74 Å². The molecule has 0 spiro atoms. The van der Waals surface area contributed by atoms with Gasteiger partial charge in [0, 0.05) is 11.5 Å². The Labute approximate surface area is 93.7 Å². The van der Waals surface area contributed by atoms with E-state index in [-0.39, 0.29) is 5.41 Å². The smallest absolute Gasteiger partial charge is 0.0832 e. The summed E-state index contributed by atoms with van der Waals surface area (Å²) in [4.78, 5) is 5.52. The van der Waals surface area contributed by atoms with Crippen molar-refractivity contribution in [1.82, 2.24) is 4.98 Å². The second kappa shape index (κ2) is 4.30. The van der Waals surface area contributed by atoms with E-state index in [9.17, 15) is 5.26 Å². The van der Waals surface area contributed by atoms with E-state index in [2.05, 4.69) is 11.1 Å². The minimum absolute atomic E-state index is 0.240. The highest BCUT2D eigenvalue weighted by Crippen LogP contribution is 2.33. The fraction of sp³-hybridized carbons (Fsp3) is 0.636. The molecular formula is C11H14N2OS. The number of hydrogen-bond acceptors (Lipinski definition) is 4. The molecule has 15 heavy (non-hydrogen) atoms. The van der Waals surface area contributed by atoms with E-state index in [0.29, 0.717) is 6.61 Å². The second-order valence-corrected chi connectivity index (χ2v) is 4.99. The molecule has 1 atom stereocenters. The van der Waals surface area contributed by atoms with E-state index >= 15 is 0 Å². The lowest BCUT2D eigenvalue weighted by Crippen LogP contribution is -2.19. The van der Waals surface area contributed by atoms with E-state index in [1.807, 2.05) is 12.4 Å². The molecule has 1 aliphatic rings. The van der Waals surface area contributed by atoms with Crippen LogP contribution in [0.4, 0.5) is 0 Å². The maximum absolute atomic E-state index is 9.17. The van der Waals surface area contributed by atoms with Crippen LogP contribution in [0.25, 0.3) is 0 Å². The third-order valence-corrected chi connectivity index (χ3v) is 4.01. The van der Waals surface area contributed by atoms with E-state index in [1.54, 1.807) is 11.3 Å². The lowest BCUT2D eigenvalue weighted by atomic mass is 9.84. The van der Waals surface area contributed by atoms with Gasteiger partial charge in [-0.05, 0) is 26.2 Å². The molecule has 80 valence electrons. The van der Waals surface area contributed by atoms with Crippen LogP contribution in [-0.4, -0.2) is 18.2 Å². The fourth-order valence-corrected chi connectivity index (χ4v) is 2.65. The molecule has 2 heterocycles. The monoisotopic (exact) mass is 222 g/mol. The Kier molecular flexibility index (Phi) is 3.03. The zero-order valence-electron chi connectivity index (χ0n) is 8.82. The first-order valence-corrected chi connectivity index (χ1v) is 6.02. The number of ether oxygens (including phenoxy) is 1. The average Bonchev–Trinajstić information content (AvgIpc) is 2.85. The number of hydrogen-bond donors (Lipinski definition) is 0. The quantitative estimate of drug-likeness (QED) is 0.788. The van der Waals surface area contributed by atoms with Gasteiger partial charge in [0.2, 0.25) is 0 Å². The van der Waals surface area contributed by atoms with E-state index < -0.39 is 0 Å². The van der Waals surface area contributed by atoms with Crippen LogP contribution >= 0.6 is 11.3 Å². The minimum Gasteiger partial charge on any atom is -0.380 e. The van der Waals surface area contributed by atoms with Crippen molar-refractivity contribution in [3.63, 3.8) is 0 Å². The van der Waals surface area contributed by atoms with Crippen molar-refractivity contribution in [3.05, 3.63) is 16.1 Å². The molecule has 1 aromatic rings. The predicted molar refractivity (Wildman–Crippen MR) is 58.7 cm³/mol. The van der Waals surface area contributed by atoms with Crippen molar-refractivity contribution < 1.29 is 4.74 Å². The highest BCUT2D eigenvalue weighted by Gasteiger charge is 2.34. The summed E-state index contributed by atoms with van der Waals surface area (Å²) in [6.45, 7) is 3.35. The standard InChI is InChI=1S/C11H14N2OS/c1-9-10(15-8-13-9)2-3-11(6-12)4-5-14-7-11/h8H,2-5,7H2,1H3. The Morgan fingerprint density at radius 3 is 3.13 bits per heavy atom. The molecule has 0 N–H and O–H groups in total. The van der Waals surface area contributed by atoms with Gasteiger partial charge in [0.1, 0.15) is 0 Å². The molecule has 2 rings (SSSR count). The topological polar surface area (TPSA) is 45.9 Å². The van der Waals surface area contributed by atoms with Crippen LogP contribution in [0.2, 0.25) is 0 Å². The molecule has 1 unspecified atom stereocenters. The molecule has 4 heteroatoms. The molecule has 0 radical (unpaired) electrons. The maximum atomic E-state index is 9.17. The fourth-order valence-electron chi connectivity index (χ4n) is 1.87. The summed E-state index contributed by atoms with van der Waals surface area (Å²) in [5.74, 6) is 0. The third kappa shape index (κ3) is 2.19. The largest absolute Gasteiger partial charge is 0.380 e. The summed E-state index contributed by atoms with van der Waals surface area (Å²) in [6.07, 6.45) is 2.72. The van der Waals surface area contributed by atoms with Gasteiger partial charge in [-0.3, -0.25) is 0 Å². The predicted octanol–water partition coefficient (Wildman–Crippen LogP) is 2.31. The van der Waals surface area contributed by atoms with Crippen molar-refractivity contribution in [3.8, 4) is 6.07 Å². The summed E-state index contributed by atoms with van der Waals surface area (Å²) in [7, 11) is 0. The zero-order chi connectivity index (χ0) is 10.7. The van der Waals surface area contributed by atoms with Gasteiger partial charge in [-0.1, -0.05) is 0 Å². The molecular weight excluding hydrogens is 208 g/mol. The average molecular weight is 222 g/mol. The van der Waals surface area contributed by atoms with Crippen LogP contribution in [0.5, 0.6) is 0 Å². The van der Waals surface area contributed by atoms with Crippen LogP contribution in [0, 0.1) is 23.7 Å². The highest BCUT2D eigenvalue weighted by atomic mass is 32.1. The summed E-state index contributed by atoms with van der Waals surface area (Å²) in [5.41, 5.74) is 2.73. The van der Waals surface area contributed by atoms with Crippen LogP contribution in [0.15, 0.2) is 5.51 Å². The number of aromatic nitrogens is 1. The number of nitriles is 1. The van der Waals surface area contributed by atoms with Crippen molar-refractivity contribution in [1.29, 1.82) is 5.26 Å². The Morgan fingerprint density at radius 1 is 1.73 bits per heavy atom. The number of nitrogens with zero attached hydrogens (tertiary/aromatic N) is 2. The van der Waals surface area contributed by atoms with Crippen LogP contribution in [0.1, 0.15) is 23.4 Å². The molecule has 1 aliphatic heterocycles. The molecule has 1 saturated heterocycles. The normalized spacial score (nSPS) is 25.3. The molecule has 1 aromatic heterocycles. The number of thiazole rings is 1. The Morgan fingerprint density at radius 2 is 2.60 bits per heavy atom. The molecule has 0 aliphatic carbocycles. The SMILES string of the molecule is Cc1ncsc1CCC1(C#N)CCOC1. The first-order valence-electron chi connectivity index (χ1n) is 5.14. The molecule has 0 amide bonds. The zero-order valence-corrected chi connectivity index (χ0v) is 9.64. The molecule has 3 nitrogen and oxygen atoms in total. The van der Waals surface area contributed by atoms with E-state index in [1.165, 1.54) is 4.88 Å². The van der Waals surface area contributed by atoms with Crippen molar-refractivity contribution >= 4 is 11.3 Å². The first kappa shape index (κ1) is 10.6. The van der Waals surface area contributed by atoms with E-state index in [0.717, 1.165) is 31.6 Å². The molecule has 0 aromatic carbocycles. The first-order chi connectivity index (χ1) is 7.26. The number of rotatable bonds is 3. The second-order valence-electron chi connectivity index (χ2n) is 4.06. The molecule has 0 saturated carbocycles. The summed E-state index contributed by atoms with van der Waals surface area (Å²) < 4.78 is 5.32. The van der Waals surface area contributed by atoms with Crippen LogP contribution < -0.4 is 0 Å². The molecule has 0 bridgehead atoms. The Hall–Kier alpha value is -0.920. The van der Waals surface area contributed by atoms with Gasteiger partial charge in [-0.2, -0.15) is 5.26 Å². The van der Waals surface area contributed by atoms with Gasteiger partial charge in [-0.15, -0.1) is 11.3 Å². The van der Waals surface area contributed by atoms with Crippen LogP contribution in [-0.2, 0) is 11.2 Å². The molecule has 1 fully saturated rings. The van der Waals surface area contributed by atoms with Gasteiger partial charge in [0.15, 0.2) is 0 Å². The Bertz CT molecular complexity index is 374. The van der Waals surface area contributed by atoms with Gasteiger partial charge in [0.05, 0.1) is 29.3 Å². The van der Waals surface area contributed by atoms with Crippen molar-refractivity contribution in [2.75, 3.05) is 13.2 Å². The lowest BCUT2D eigenvalue weighted by molar-refractivity contribution is 0.169. The Balaban J connectivity index is 1.98. The summed E-state index contributed by atoms with van der Waals surface area (Å²) in [6, 6.07) is 2.42. The maximum Gasteiger partial charge on any atom is 0.0832 e. The highest BCUT2D eigenvalue weighted by molar-refractivity contribution is 7.09. The third-order valence-electron chi connectivity index (χ3n) is 3.02. The van der Waals surface area contributed by atoms with Crippen molar-refractivity contribution in [2.24, 2.45) is 5.41 Å². The lowest BCUT2D eigenvalue weighted by Gasteiger charge is -2.17. The van der Waals surface area contributed by atoms with Gasteiger partial charge in [0.25, 0.3) is 0 Å². The van der Waals surface area contributed by atoms with Gasteiger partial charge < -0.3 is 4.74 Å². The van der Waals surface area contributed by atoms with Crippen molar-refractivity contribution in [2.45, 2.75) is 26.2 Å². The van der Waals surface area contributed by atoms with Gasteiger partial charge in [-0.25, -0.2) is 4.98 Å². The number of aryl methyl sites for hydroxylation is 2. The summed E-state index contributed by atoms with van der Waals surface area (Å²) >= 11 is 1.68. The minimum atomic E-state index is -0.240.